The maximum Gasteiger partial charge on any atom is 0.118 e. The van der Waals surface area contributed by atoms with Crippen LogP contribution < -0.4 is 4.74 Å². The summed E-state index contributed by atoms with van der Waals surface area (Å²) in [5.41, 5.74) is 1.37. The molecule has 0 amide bonds. The van der Waals surface area contributed by atoms with E-state index in [9.17, 15) is 0 Å². The molecule has 0 spiro atoms. The number of piperazine rings is 1. The first kappa shape index (κ1) is 15.4. The third kappa shape index (κ3) is 3.87. The van der Waals surface area contributed by atoms with Crippen LogP contribution in [0, 0.1) is 5.92 Å². The zero-order valence-electron chi connectivity index (χ0n) is 14.1. The number of benzene rings is 1. The molecule has 4 heteroatoms. The minimum atomic E-state index is 0.474. The van der Waals surface area contributed by atoms with E-state index in [0.29, 0.717) is 12.1 Å². The lowest BCUT2D eigenvalue weighted by molar-refractivity contribution is 0.0508. The average Bonchev–Trinajstić information content (AvgIpc) is 3.32. The lowest BCUT2D eigenvalue weighted by atomic mass is 10.1. The Labute approximate surface area is 139 Å². The van der Waals surface area contributed by atoms with Crippen molar-refractivity contribution in [2.75, 3.05) is 39.9 Å². The van der Waals surface area contributed by atoms with Crippen molar-refractivity contribution >= 4 is 0 Å². The molecule has 2 saturated heterocycles. The van der Waals surface area contributed by atoms with Crippen LogP contribution in [0.2, 0.25) is 0 Å². The molecule has 2 heterocycles. The second kappa shape index (κ2) is 6.80. The van der Waals surface area contributed by atoms with E-state index in [1.807, 2.05) is 0 Å². The third-order valence-corrected chi connectivity index (χ3v) is 5.49. The third-order valence-electron chi connectivity index (χ3n) is 5.49. The Balaban J connectivity index is 1.27. The van der Waals surface area contributed by atoms with Crippen LogP contribution in [0.5, 0.6) is 5.75 Å². The minimum absolute atomic E-state index is 0.474. The Hall–Kier alpha value is -1.10. The van der Waals surface area contributed by atoms with Crippen molar-refractivity contribution in [3.05, 3.63) is 29.8 Å². The summed E-state index contributed by atoms with van der Waals surface area (Å²) >= 11 is 0. The molecule has 1 saturated carbocycles. The van der Waals surface area contributed by atoms with Crippen LogP contribution in [0.4, 0.5) is 0 Å². The van der Waals surface area contributed by atoms with Gasteiger partial charge in [0.15, 0.2) is 0 Å². The molecule has 0 N–H and O–H groups in total. The first-order valence-electron chi connectivity index (χ1n) is 9.01. The van der Waals surface area contributed by atoms with Gasteiger partial charge in [-0.2, -0.15) is 0 Å². The topological polar surface area (TPSA) is 24.9 Å². The summed E-state index contributed by atoms with van der Waals surface area (Å²) in [6.07, 6.45) is 4.46. The molecule has 1 aliphatic carbocycles. The second-order valence-corrected chi connectivity index (χ2v) is 7.37. The van der Waals surface area contributed by atoms with Crippen LogP contribution in [0.3, 0.4) is 0 Å². The van der Waals surface area contributed by atoms with Gasteiger partial charge in [-0.05, 0) is 42.9 Å². The van der Waals surface area contributed by atoms with Crippen LogP contribution >= 0.6 is 0 Å². The number of hydrogen-bond donors (Lipinski definition) is 0. The average molecular weight is 316 g/mol. The fourth-order valence-electron chi connectivity index (χ4n) is 3.87. The minimum Gasteiger partial charge on any atom is -0.497 e. The number of ether oxygens (including phenoxy) is 2. The highest BCUT2D eigenvalue weighted by Gasteiger charge is 2.37. The normalized spacial score (nSPS) is 28.7. The van der Waals surface area contributed by atoms with Gasteiger partial charge in [-0.1, -0.05) is 12.1 Å². The van der Waals surface area contributed by atoms with Gasteiger partial charge >= 0.3 is 0 Å². The fraction of sp³-hybridized carbons (Fsp3) is 0.684. The van der Waals surface area contributed by atoms with Gasteiger partial charge in [0.25, 0.3) is 0 Å². The van der Waals surface area contributed by atoms with Gasteiger partial charge in [0, 0.05) is 45.4 Å². The predicted molar refractivity (Wildman–Crippen MR) is 90.7 cm³/mol. The molecule has 2 aliphatic heterocycles. The van der Waals surface area contributed by atoms with Crippen molar-refractivity contribution in [2.45, 2.75) is 38.0 Å². The van der Waals surface area contributed by atoms with Crippen molar-refractivity contribution in [2.24, 2.45) is 5.92 Å². The van der Waals surface area contributed by atoms with E-state index in [4.69, 9.17) is 9.47 Å². The van der Waals surface area contributed by atoms with E-state index in [1.54, 1.807) is 7.11 Å². The SMILES string of the molecule is COc1ccc(CN2CCN3C[C@H](OCC4CC4)C[C@@H]3C2)cc1. The van der Waals surface area contributed by atoms with Crippen molar-refractivity contribution in [3.8, 4) is 5.75 Å². The van der Waals surface area contributed by atoms with E-state index in [1.165, 1.54) is 37.9 Å². The number of rotatable bonds is 6. The standard InChI is InChI=1S/C19H28N2O2/c1-22-18-6-4-15(5-7-18)11-20-8-9-21-13-19(10-17(21)12-20)23-14-16-2-3-16/h4-7,16-17,19H,2-3,8-14H2,1H3/t17-,19-/m1/s1. The molecule has 4 nitrogen and oxygen atoms in total. The molecule has 23 heavy (non-hydrogen) atoms. The van der Waals surface area contributed by atoms with Crippen molar-refractivity contribution in [3.63, 3.8) is 0 Å². The molecule has 0 aromatic heterocycles. The lowest BCUT2D eigenvalue weighted by Gasteiger charge is -2.37. The van der Waals surface area contributed by atoms with Crippen LogP contribution in [-0.2, 0) is 11.3 Å². The van der Waals surface area contributed by atoms with Gasteiger partial charge in [0.2, 0.25) is 0 Å². The highest BCUT2D eigenvalue weighted by Crippen LogP contribution is 2.31. The Morgan fingerprint density at radius 3 is 2.65 bits per heavy atom. The Kier molecular flexibility index (Phi) is 4.56. The van der Waals surface area contributed by atoms with E-state index in [0.717, 1.165) is 37.9 Å². The van der Waals surface area contributed by atoms with Crippen molar-refractivity contribution in [1.29, 1.82) is 0 Å². The number of nitrogens with zero attached hydrogens (tertiary/aromatic N) is 2. The first-order chi connectivity index (χ1) is 11.3. The van der Waals surface area contributed by atoms with Crippen molar-refractivity contribution in [1.82, 2.24) is 9.80 Å². The quantitative estimate of drug-likeness (QED) is 0.804. The summed E-state index contributed by atoms with van der Waals surface area (Å²) in [6.45, 7) is 6.72. The number of methoxy groups -OCH3 is 1. The first-order valence-corrected chi connectivity index (χ1v) is 9.01. The highest BCUT2D eigenvalue weighted by molar-refractivity contribution is 5.27. The van der Waals surface area contributed by atoms with Crippen LogP contribution in [0.1, 0.15) is 24.8 Å². The molecule has 3 aliphatic rings. The van der Waals surface area contributed by atoms with Gasteiger partial charge in [-0.25, -0.2) is 0 Å². The van der Waals surface area contributed by atoms with Crippen LogP contribution in [0.25, 0.3) is 0 Å². The Bertz CT molecular complexity index is 515. The molecule has 1 aromatic rings. The number of fused-ring (bicyclic) bond motifs is 1. The maximum atomic E-state index is 6.12. The summed E-state index contributed by atoms with van der Waals surface area (Å²) < 4.78 is 11.4. The molecular formula is C19H28N2O2. The second-order valence-electron chi connectivity index (χ2n) is 7.37. The molecule has 0 radical (unpaired) electrons. The summed E-state index contributed by atoms with van der Waals surface area (Å²) in [4.78, 5) is 5.23. The summed E-state index contributed by atoms with van der Waals surface area (Å²) in [7, 11) is 1.72. The van der Waals surface area contributed by atoms with E-state index in [2.05, 4.69) is 34.1 Å². The van der Waals surface area contributed by atoms with Gasteiger partial charge in [-0.15, -0.1) is 0 Å². The smallest absolute Gasteiger partial charge is 0.118 e. The van der Waals surface area contributed by atoms with Crippen molar-refractivity contribution < 1.29 is 9.47 Å². The fourth-order valence-corrected chi connectivity index (χ4v) is 3.87. The Morgan fingerprint density at radius 2 is 1.91 bits per heavy atom. The monoisotopic (exact) mass is 316 g/mol. The Morgan fingerprint density at radius 1 is 1.09 bits per heavy atom. The molecular weight excluding hydrogens is 288 g/mol. The van der Waals surface area contributed by atoms with E-state index in [-0.39, 0.29) is 0 Å². The summed E-state index contributed by atoms with van der Waals surface area (Å²) in [6, 6.07) is 9.17. The maximum absolute atomic E-state index is 6.12. The van der Waals surface area contributed by atoms with E-state index >= 15 is 0 Å². The molecule has 1 aromatic carbocycles. The zero-order chi connectivity index (χ0) is 15.6. The van der Waals surface area contributed by atoms with Gasteiger partial charge in [-0.3, -0.25) is 9.80 Å². The zero-order valence-corrected chi connectivity index (χ0v) is 14.1. The van der Waals surface area contributed by atoms with Gasteiger partial charge in [0.05, 0.1) is 13.2 Å². The summed E-state index contributed by atoms with van der Waals surface area (Å²) in [5.74, 6) is 1.81. The van der Waals surface area contributed by atoms with Gasteiger partial charge in [0.1, 0.15) is 5.75 Å². The van der Waals surface area contributed by atoms with E-state index < -0.39 is 0 Å². The van der Waals surface area contributed by atoms with Crippen LogP contribution in [-0.4, -0.2) is 61.8 Å². The summed E-state index contributed by atoms with van der Waals surface area (Å²) in [5, 5.41) is 0. The molecule has 0 bridgehead atoms. The molecule has 126 valence electrons. The molecule has 2 atom stereocenters. The molecule has 4 rings (SSSR count). The lowest BCUT2D eigenvalue weighted by Crippen LogP contribution is -2.49. The molecule has 0 unspecified atom stereocenters. The number of hydrogen-bond acceptors (Lipinski definition) is 4. The van der Waals surface area contributed by atoms with Gasteiger partial charge < -0.3 is 9.47 Å². The highest BCUT2D eigenvalue weighted by atomic mass is 16.5. The largest absolute Gasteiger partial charge is 0.497 e. The predicted octanol–water partition coefficient (Wildman–Crippen LogP) is 2.38. The van der Waals surface area contributed by atoms with Crippen LogP contribution in [0.15, 0.2) is 24.3 Å². The molecule has 3 fully saturated rings.